The monoisotopic (exact) mass is 204 g/mol. The Balaban J connectivity index is 2.55. The van der Waals surface area contributed by atoms with Gasteiger partial charge in [-0.1, -0.05) is 5.92 Å². The molecule has 78 valence electrons. The van der Waals surface area contributed by atoms with Gasteiger partial charge in [0.05, 0.1) is 18.5 Å². The van der Waals surface area contributed by atoms with Crippen molar-refractivity contribution in [2.45, 2.75) is 20.3 Å². The number of rotatable bonds is 2. The predicted octanol–water partition coefficient (Wildman–Crippen LogP) is 1.09. The summed E-state index contributed by atoms with van der Waals surface area (Å²) in [5.41, 5.74) is 1.37. The molecule has 0 bridgehead atoms. The van der Waals surface area contributed by atoms with Gasteiger partial charge < -0.3 is 4.74 Å². The normalized spacial score (nSPS) is 8.93. The summed E-state index contributed by atoms with van der Waals surface area (Å²) in [6, 6.07) is 0. The van der Waals surface area contributed by atoms with Crippen LogP contribution in [0.2, 0.25) is 0 Å². The fourth-order valence-corrected chi connectivity index (χ4v) is 0.943. The Morgan fingerprint density at radius 3 is 3.00 bits per heavy atom. The molecule has 0 amide bonds. The van der Waals surface area contributed by atoms with Crippen LogP contribution in [0.1, 0.15) is 24.7 Å². The van der Waals surface area contributed by atoms with E-state index in [1.165, 1.54) is 0 Å². The highest BCUT2D eigenvalue weighted by molar-refractivity contribution is 5.72. The maximum Gasteiger partial charge on any atom is 0.317 e. The van der Waals surface area contributed by atoms with Crippen molar-refractivity contribution in [3.63, 3.8) is 0 Å². The summed E-state index contributed by atoms with van der Waals surface area (Å²) in [7, 11) is 0. The number of nitrogens with zero attached hydrogens (tertiary/aromatic N) is 2. The highest BCUT2D eigenvalue weighted by atomic mass is 16.5. The first-order valence-corrected chi connectivity index (χ1v) is 4.65. The largest absolute Gasteiger partial charge is 0.465 e. The van der Waals surface area contributed by atoms with E-state index in [1.807, 2.05) is 6.92 Å². The lowest BCUT2D eigenvalue weighted by atomic mass is 10.3. The van der Waals surface area contributed by atoms with Crippen molar-refractivity contribution in [1.29, 1.82) is 0 Å². The molecule has 1 aromatic rings. The van der Waals surface area contributed by atoms with Crippen LogP contribution in [0, 0.1) is 18.8 Å². The maximum absolute atomic E-state index is 10.9. The van der Waals surface area contributed by atoms with E-state index in [4.69, 9.17) is 4.74 Å². The fraction of sp³-hybridized carbons (Fsp3) is 0.364. The average molecular weight is 204 g/mol. The minimum atomic E-state index is -0.314. The van der Waals surface area contributed by atoms with Crippen molar-refractivity contribution in [2.24, 2.45) is 0 Å². The van der Waals surface area contributed by atoms with Gasteiger partial charge in [-0.05, 0) is 19.8 Å². The summed E-state index contributed by atoms with van der Waals surface area (Å²) in [5, 5.41) is 0. The molecule has 0 aliphatic heterocycles. The molecule has 0 atom stereocenters. The Labute approximate surface area is 88.7 Å². The second-order valence-electron chi connectivity index (χ2n) is 2.83. The zero-order chi connectivity index (χ0) is 11.1. The number of aromatic nitrogens is 2. The van der Waals surface area contributed by atoms with Gasteiger partial charge in [0.2, 0.25) is 0 Å². The molecule has 0 spiro atoms. The number of ether oxygens (including phenoxy) is 1. The van der Waals surface area contributed by atoms with Crippen LogP contribution in [-0.4, -0.2) is 22.5 Å². The number of esters is 1. The smallest absolute Gasteiger partial charge is 0.317 e. The van der Waals surface area contributed by atoms with E-state index in [1.54, 1.807) is 19.3 Å². The van der Waals surface area contributed by atoms with Crippen molar-refractivity contribution in [3.05, 3.63) is 23.8 Å². The van der Waals surface area contributed by atoms with Crippen molar-refractivity contribution in [2.75, 3.05) is 6.61 Å². The number of hydrogen-bond acceptors (Lipinski definition) is 4. The predicted molar refractivity (Wildman–Crippen MR) is 54.9 cm³/mol. The number of carbonyl (C=O) groups excluding carboxylic acids is 1. The first-order valence-electron chi connectivity index (χ1n) is 4.65. The van der Waals surface area contributed by atoms with Gasteiger partial charge in [-0.25, -0.2) is 4.98 Å². The molecule has 0 unspecified atom stereocenters. The Hall–Kier alpha value is -1.89. The molecule has 0 fully saturated rings. The molecule has 4 heteroatoms. The molecule has 0 aromatic carbocycles. The lowest BCUT2D eigenvalue weighted by molar-refractivity contribution is -0.141. The molecule has 4 nitrogen and oxygen atoms in total. The van der Waals surface area contributed by atoms with E-state index in [-0.39, 0.29) is 12.4 Å². The lowest BCUT2D eigenvalue weighted by Crippen LogP contribution is -2.01. The second kappa shape index (κ2) is 5.76. The van der Waals surface area contributed by atoms with Gasteiger partial charge in [0, 0.05) is 6.20 Å². The summed E-state index contributed by atoms with van der Waals surface area (Å²) in [5.74, 6) is 5.12. The highest BCUT2D eigenvalue weighted by Gasteiger charge is 1.96. The first-order chi connectivity index (χ1) is 7.22. The summed E-state index contributed by atoms with van der Waals surface area (Å²) in [4.78, 5) is 19.0. The SMILES string of the molecule is CCOC(=O)CC#Cc1cncc(C)n1. The first kappa shape index (κ1) is 11.2. The standard InChI is InChI=1S/C11H12N2O2/c1-3-15-11(14)6-4-5-10-8-12-7-9(2)13-10/h7-8H,3,6H2,1-2H3. The quantitative estimate of drug-likeness (QED) is 0.534. The van der Waals surface area contributed by atoms with Crippen molar-refractivity contribution >= 4 is 5.97 Å². The minimum Gasteiger partial charge on any atom is -0.465 e. The van der Waals surface area contributed by atoms with E-state index >= 15 is 0 Å². The van der Waals surface area contributed by atoms with E-state index in [0.29, 0.717) is 12.3 Å². The van der Waals surface area contributed by atoms with Crippen LogP contribution >= 0.6 is 0 Å². The molecular formula is C11H12N2O2. The topological polar surface area (TPSA) is 52.1 Å². The van der Waals surface area contributed by atoms with E-state index < -0.39 is 0 Å². The van der Waals surface area contributed by atoms with Crippen LogP contribution in [0.3, 0.4) is 0 Å². The zero-order valence-electron chi connectivity index (χ0n) is 8.78. The zero-order valence-corrected chi connectivity index (χ0v) is 8.78. The van der Waals surface area contributed by atoms with Crippen LogP contribution in [0.25, 0.3) is 0 Å². The van der Waals surface area contributed by atoms with Crippen LogP contribution in [0.4, 0.5) is 0 Å². The highest BCUT2D eigenvalue weighted by Crippen LogP contribution is 1.92. The third-order valence-electron chi connectivity index (χ3n) is 1.51. The van der Waals surface area contributed by atoms with Crippen LogP contribution in [0.15, 0.2) is 12.4 Å². The van der Waals surface area contributed by atoms with Gasteiger partial charge in [-0.15, -0.1) is 0 Å². The van der Waals surface area contributed by atoms with Crippen molar-refractivity contribution in [3.8, 4) is 11.8 Å². The molecular weight excluding hydrogens is 192 g/mol. The molecule has 15 heavy (non-hydrogen) atoms. The Bertz CT molecular complexity index is 405. The molecule has 0 saturated heterocycles. The molecule has 0 aliphatic carbocycles. The number of hydrogen-bond donors (Lipinski definition) is 0. The molecule has 1 rings (SSSR count). The molecule has 0 saturated carbocycles. The van der Waals surface area contributed by atoms with E-state index in [2.05, 4.69) is 21.8 Å². The van der Waals surface area contributed by atoms with Crippen LogP contribution in [-0.2, 0) is 9.53 Å². The average Bonchev–Trinajstić information content (AvgIpc) is 2.18. The molecule has 1 aromatic heterocycles. The summed E-state index contributed by atoms with van der Waals surface area (Å²) in [6.07, 6.45) is 3.30. The van der Waals surface area contributed by atoms with Gasteiger partial charge in [0.15, 0.2) is 0 Å². The molecule has 0 N–H and O–H groups in total. The van der Waals surface area contributed by atoms with Crippen molar-refractivity contribution < 1.29 is 9.53 Å². The number of carbonyl (C=O) groups is 1. The number of aryl methyl sites for hydroxylation is 1. The van der Waals surface area contributed by atoms with Crippen molar-refractivity contribution in [1.82, 2.24) is 9.97 Å². The van der Waals surface area contributed by atoms with Gasteiger partial charge >= 0.3 is 5.97 Å². The molecule has 0 aliphatic rings. The Morgan fingerprint density at radius 1 is 1.53 bits per heavy atom. The van der Waals surface area contributed by atoms with Gasteiger partial charge in [-0.3, -0.25) is 9.78 Å². The third kappa shape index (κ3) is 4.23. The fourth-order valence-electron chi connectivity index (χ4n) is 0.943. The second-order valence-corrected chi connectivity index (χ2v) is 2.83. The van der Waals surface area contributed by atoms with Gasteiger partial charge in [0.25, 0.3) is 0 Å². The molecule has 1 heterocycles. The van der Waals surface area contributed by atoms with Gasteiger partial charge in [-0.2, -0.15) is 0 Å². The summed E-state index contributed by atoms with van der Waals surface area (Å²) >= 11 is 0. The summed E-state index contributed by atoms with van der Waals surface area (Å²) < 4.78 is 4.73. The van der Waals surface area contributed by atoms with Gasteiger partial charge in [0.1, 0.15) is 12.1 Å². The maximum atomic E-state index is 10.9. The van der Waals surface area contributed by atoms with E-state index in [9.17, 15) is 4.79 Å². The summed E-state index contributed by atoms with van der Waals surface area (Å²) in [6.45, 7) is 3.98. The minimum absolute atomic E-state index is 0.0868. The van der Waals surface area contributed by atoms with E-state index in [0.717, 1.165) is 5.69 Å². The lowest BCUT2D eigenvalue weighted by Gasteiger charge is -1.94. The molecule has 0 radical (unpaired) electrons. The third-order valence-corrected chi connectivity index (χ3v) is 1.51. The van der Waals surface area contributed by atoms with Crippen LogP contribution < -0.4 is 0 Å². The Kier molecular flexibility index (Phi) is 4.30. The Morgan fingerprint density at radius 2 is 2.33 bits per heavy atom. The van der Waals surface area contributed by atoms with Crippen LogP contribution in [0.5, 0.6) is 0 Å².